The average molecular weight is 248 g/mol. The lowest BCUT2D eigenvalue weighted by Gasteiger charge is -2.05. The first-order chi connectivity index (χ1) is 8.70. The Balaban J connectivity index is 1.96. The Morgan fingerprint density at radius 3 is 2.50 bits per heavy atom. The lowest BCUT2D eigenvalue weighted by atomic mass is 10.2. The molecule has 0 atom stereocenters. The lowest BCUT2D eigenvalue weighted by Crippen LogP contribution is -2.07. The molecule has 0 aliphatic carbocycles. The molecule has 0 aliphatic rings. The number of hydrogen-bond donors (Lipinski definition) is 0. The molecular formula is C15H20O3. The molecule has 0 radical (unpaired) electrons. The van der Waals surface area contributed by atoms with Gasteiger partial charge >= 0.3 is 5.97 Å². The number of unbranched alkanes of at least 4 members (excludes halogenated alkanes) is 1. The summed E-state index contributed by atoms with van der Waals surface area (Å²) in [4.78, 5) is 11.1. The van der Waals surface area contributed by atoms with Crippen LogP contribution in [0.5, 0.6) is 0 Å². The van der Waals surface area contributed by atoms with E-state index in [1.54, 1.807) is 6.92 Å². The first-order valence-corrected chi connectivity index (χ1v) is 6.14. The van der Waals surface area contributed by atoms with Gasteiger partial charge < -0.3 is 9.47 Å². The number of carbonyl (C=O) groups is 1. The number of benzene rings is 1. The zero-order chi connectivity index (χ0) is 13.2. The molecule has 0 N–H and O–H groups in total. The highest BCUT2D eigenvalue weighted by molar-refractivity contribution is 5.86. The first kappa shape index (κ1) is 14.5. The van der Waals surface area contributed by atoms with Crippen molar-refractivity contribution in [3.05, 3.63) is 48.0 Å². The Morgan fingerprint density at radius 1 is 1.17 bits per heavy atom. The van der Waals surface area contributed by atoms with Crippen LogP contribution >= 0.6 is 0 Å². The van der Waals surface area contributed by atoms with Crippen molar-refractivity contribution in [3.63, 3.8) is 0 Å². The average Bonchev–Trinajstić information content (AvgIpc) is 2.38. The zero-order valence-corrected chi connectivity index (χ0v) is 10.9. The maximum Gasteiger partial charge on any atom is 0.333 e. The van der Waals surface area contributed by atoms with Gasteiger partial charge in [0.1, 0.15) is 0 Å². The number of carbonyl (C=O) groups excluding carboxylic acids is 1. The Morgan fingerprint density at radius 2 is 1.83 bits per heavy atom. The van der Waals surface area contributed by atoms with Crippen LogP contribution < -0.4 is 0 Å². The standard InChI is InChI=1S/C15H20O3/c1-13(2)15(16)18-11-7-6-10-17-12-14-8-4-3-5-9-14/h3-5,8-9H,1,6-7,10-12H2,2H3. The van der Waals surface area contributed by atoms with Crippen LogP contribution in [-0.4, -0.2) is 19.2 Å². The van der Waals surface area contributed by atoms with Crippen molar-refractivity contribution in [2.24, 2.45) is 0 Å². The molecule has 98 valence electrons. The van der Waals surface area contributed by atoms with Crippen LogP contribution in [0.4, 0.5) is 0 Å². The Hall–Kier alpha value is -1.61. The van der Waals surface area contributed by atoms with E-state index in [0.29, 0.717) is 25.4 Å². The van der Waals surface area contributed by atoms with E-state index in [2.05, 4.69) is 6.58 Å². The molecule has 3 heteroatoms. The molecule has 0 spiro atoms. The van der Waals surface area contributed by atoms with Crippen molar-refractivity contribution < 1.29 is 14.3 Å². The fourth-order valence-electron chi connectivity index (χ4n) is 1.36. The first-order valence-electron chi connectivity index (χ1n) is 6.14. The van der Waals surface area contributed by atoms with E-state index in [4.69, 9.17) is 9.47 Å². The van der Waals surface area contributed by atoms with Gasteiger partial charge in [-0.2, -0.15) is 0 Å². The van der Waals surface area contributed by atoms with Gasteiger partial charge in [-0.1, -0.05) is 36.9 Å². The van der Waals surface area contributed by atoms with E-state index < -0.39 is 0 Å². The second kappa shape index (κ2) is 8.48. The minimum atomic E-state index is -0.319. The summed E-state index contributed by atoms with van der Waals surface area (Å²) < 4.78 is 10.5. The Labute approximate surface area is 108 Å². The smallest absolute Gasteiger partial charge is 0.333 e. The van der Waals surface area contributed by atoms with Crippen LogP contribution in [0.3, 0.4) is 0 Å². The predicted octanol–water partition coefficient (Wildman–Crippen LogP) is 3.10. The largest absolute Gasteiger partial charge is 0.462 e. The second-order valence-electron chi connectivity index (χ2n) is 4.16. The molecule has 0 heterocycles. The zero-order valence-electron chi connectivity index (χ0n) is 10.9. The molecule has 3 nitrogen and oxygen atoms in total. The summed E-state index contributed by atoms with van der Waals surface area (Å²) in [5.41, 5.74) is 1.61. The third-order valence-corrected chi connectivity index (χ3v) is 2.38. The van der Waals surface area contributed by atoms with Gasteiger partial charge in [0.2, 0.25) is 0 Å². The molecule has 0 amide bonds. The van der Waals surface area contributed by atoms with Gasteiger partial charge in [0.15, 0.2) is 0 Å². The van der Waals surface area contributed by atoms with Crippen molar-refractivity contribution in [1.29, 1.82) is 0 Å². The van der Waals surface area contributed by atoms with Crippen molar-refractivity contribution >= 4 is 5.97 Å². The lowest BCUT2D eigenvalue weighted by molar-refractivity contribution is -0.139. The molecule has 18 heavy (non-hydrogen) atoms. The second-order valence-corrected chi connectivity index (χ2v) is 4.16. The summed E-state index contributed by atoms with van der Waals surface area (Å²) in [5.74, 6) is -0.319. The maximum absolute atomic E-state index is 11.1. The van der Waals surface area contributed by atoms with Gasteiger partial charge in [-0.05, 0) is 25.3 Å². The SMILES string of the molecule is C=C(C)C(=O)OCCCCOCc1ccccc1. The topological polar surface area (TPSA) is 35.5 Å². The summed E-state index contributed by atoms with van der Waals surface area (Å²) in [7, 11) is 0. The van der Waals surface area contributed by atoms with E-state index in [9.17, 15) is 4.79 Å². The van der Waals surface area contributed by atoms with E-state index in [1.807, 2.05) is 30.3 Å². The summed E-state index contributed by atoms with van der Waals surface area (Å²) >= 11 is 0. The molecular weight excluding hydrogens is 228 g/mol. The molecule has 1 aromatic carbocycles. The predicted molar refractivity (Wildman–Crippen MR) is 71.1 cm³/mol. The minimum Gasteiger partial charge on any atom is -0.462 e. The highest BCUT2D eigenvalue weighted by Crippen LogP contribution is 2.02. The van der Waals surface area contributed by atoms with Gasteiger partial charge in [0.25, 0.3) is 0 Å². The molecule has 0 fully saturated rings. The molecule has 1 aromatic rings. The highest BCUT2D eigenvalue weighted by Gasteiger charge is 2.01. The molecule has 0 aromatic heterocycles. The molecule has 0 saturated heterocycles. The van der Waals surface area contributed by atoms with Gasteiger partial charge in [-0.15, -0.1) is 0 Å². The fraction of sp³-hybridized carbons (Fsp3) is 0.400. The van der Waals surface area contributed by atoms with E-state index in [0.717, 1.165) is 12.8 Å². The van der Waals surface area contributed by atoms with Gasteiger partial charge in [0, 0.05) is 12.2 Å². The number of rotatable bonds is 8. The highest BCUT2D eigenvalue weighted by atomic mass is 16.5. The van der Waals surface area contributed by atoms with Crippen LogP contribution in [0.1, 0.15) is 25.3 Å². The van der Waals surface area contributed by atoms with E-state index >= 15 is 0 Å². The number of ether oxygens (including phenoxy) is 2. The minimum absolute atomic E-state index is 0.319. The summed E-state index contributed by atoms with van der Waals surface area (Å²) in [6.07, 6.45) is 1.70. The van der Waals surface area contributed by atoms with Crippen LogP contribution in [0.15, 0.2) is 42.5 Å². The Kier molecular flexibility index (Phi) is 6.81. The monoisotopic (exact) mass is 248 g/mol. The van der Waals surface area contributed by atoms with Crippen LogP contribution in [0.2, 0.25) is 0 Å². The van der Waals surface area contributed by atoms with Crippen LogP contribution in [0, 0.1) is 0 Å². The van der Waals surface area contributed by atoms with Crippen LogP contribution in [0.25, 0.3) is 0 Å². The van der Waals surface area contributed by atoms with Crippen molar-refractivity contribution in [2.45, 2.75) is 26.4 Å². The normalized spacial score (nSPS) is 10.1. The third-order valence-electron chi connectivity index (χ3n) is 2.38. The number of esters is 1. The molecule has 0 bridgehead atoms. The van der Waals surface area contributed by atoms with Gasteiger partial charge in [-0.25, -0.2) is 4.79 Å². The van der Waals surface area contributed by atoms with Crippen LogP contribution in [-0.2, 0) is 20.9 Å². The molecule has 0 unspecified atom stereocenters. The summed E-state index contributed by atoms with van der Waals surface area (Å²) in [6.45, 7) is 6.90. The van der Waals surface area contributed by atoms with E-state index in [1.165, 1.54) is 5.56 Å². The van der Waals surface area contributed by atoms with Crippen molar-refractivity contribution in [1.82, 2.24) is 0 Å². The fourth-order valence-corrected chi connectivity index (χ4v) is 1.36. The Bertz CT molecular complexity index is 371. The summed E-state index contributed by atoms with van der Waals surface area (Å²) in [5, 5.41) is 0. The number of hydrogen-bond acceptors (Lipinski definition) is 3. The molecule has 0 aliphatic heterocycles. The quantitative estimate of drug-likeness (QED) is 0.403. The van der Waals surface area contributed by atoms with Crippen molar-refractivity contribution in [2.75, 3.05) is 13.2 Å². The molecule has 1 rings (SSSR count). The summed E-state index contributed by atoms with van der Waals surface area (Å²) in [6, 6.07) is 10.0. The van der Waals surface area contributed by atoms with Crippen molar-refractivity contribution in [3.8, 4) is 0 Å². The maximum atomic E-state index is 11.1. The van der Waals surface area contributed by atoms with E-state index in [-0.39, 0.29) is 5.97 Å². The van der Waals surface area contributed by atoms with Gasteiger partial charge in [0.05, 0.1) is 13.2 Å². The third kappa shape index (κ3) is 6.21. The van der Waals surface area contributed by atoms with Gasteiger partial charge in [-0.3, -0.25) is 0 Å². The molecule has 0 saturated carbocycles.